The van der Waals surface area contributed by atoms with Crippen molar-refractivity contribution in [2.75, 3.05) is 19.6 Å². The van der Waals surface area contributed by atoms with Crippen molar-refractivity contribution >= 4 is 0 Å². The van der Waals surface area contributed by atoms with Crippen LogP contribution in [0.5, 0.6) is 0 Å². The van der Waals surface area contributed by atoms with E-state index in [9.17, 15) is 5.11 Å². The zero-order valence-corrected chi connectivity index (χ0v) is 7.76. The Balaban J connectivity index is 1.87. The molecule has 3 nitrogen and oxygen atoms in total. The molecule has 72 valence electrons. The number of piperidine rings is 1. The summed E-state index contributed by atoms with van der Waals surface area (Å²) >= 11 is 0. The SMILES string of the molecule is OC1CCN(N2C=CC=CC2)CC1. The lowest BCUT2D eigenvalue weighted by molar-refractivity contribution is -0.0250. The Bertz CT molecular complexity index is 217. The van der Waals surface area contributed by atoms with Crippen LogP contribution in [-0.2, 0) is 0 Å². The highest BCUT2D eigenvalue weighted by Crippen LogP contribution is 2.13. The molecule has 0 aromatic rings. The lowest BCUT2D eigenvalue weighted by Gasteiger charge is -2.38. The molecule has 2 rings (SSSR count). The van der Waals surface area contributed by atoms with E-state index in [2.05, 4.69) is 34.4 Å². The molecule has 3 heteroatoms. The van der Waals surface area contributed by atoms with Gasteiger partial charge in [-0.15, -0.1) is 0 Å². The molecule has 2 heterocycles. The molecule has 2 aliphatic heterocycles. The average molecular weight is 180 g/mol. The summed E-state index contributed by atoms with van der Waals surface area (Å²) in [5.41, 5.74) is 0. The Hall–Kier alpha value is -0.800. The third-order valence-electron chi connectivity index (χ3n) is 2.60. The first-order valence-corrected chi connectivity index (χ1v) is 4.89. The predicted molar refractivity (Wildman–Crippen MR) is 51.8 cm³/mol. The molecule has 1 fully saturated rings. The summed E-state index contributed by atoms with van der Waals surface area (Å²) in [6, 6.07) is 0. The first-order chi connectivity index (χ1) is 6.36. The van der Waals surface area contributed by atoms with Crippen LogP contribution >= 0.6 is 0 Å². The molecule has 0 saturated carbocycles. The van der Waals surface area contributed by atoms with Crippen molar-refractivity contribution in [2.45, 2.75) is 18.9 Å². The molecule has 0 atom stereocenters. The van der Waals surface area contributed by atoms with Gasteiger partial charge in [-0.1, -0.05) is 12.2 Å². The molecule has 0 unspecified atom stereocenters. The van der Waals surface area contributed by atoms with Gasteiger partial charge in [-0.3, -0.25) is 0 Å². The number of hydrogen-bond acceptors (Lipinski definition) is 3. The van der Waals surface area contributed by atoms with E-state index < -0.39 is 0 Å². The topological polar surface area (TPSA) is 26.7 Å². The van der Waals surface area contributed by atoms with Crippen molar-refractivity contribution in [3.05, 3.63) is 24.4 Å². The van der Waals surface area contributed by atoms with Crippen LogP contribution in [-0.4, -0.2) is 40.9 Å². The van der Waals surface area contributed by atoms with Gasteiger partial charge in [0, 0.05) is 19.3 Å². The van der Waals surface area contributed by atoms with Gasteiger partial charge in [-0.2, -0.15) is 0 Å². The highest BCUT2D eigenvalue weighted by molar-refractivity contribution is 5.07. The summed E-state index contributed by atoms with van der Waals surface area (Å²) in [6.45, 7) is 2.91. The molecule has 2 aliphatic rings. The van der Waals surface area contributed by atoms with Gasteiger partial charge in [0.2, 0.25) is 0 Å². The van der Waals surface area contributed by atoms with Crippen molar-refractivity contribution in [2.24, 2.45) is 0 Å². The van der Waals surface area contributed by atoms with Crippen LogP contribution in [0.15, 0.2) is 24.4 Å². The maximum atomic E-state index is 9.35. The number of hydrazine groups is 1. The molecule has 0 aromatic heterocycles. The van der Waals surface area contributed by atoms with Gasteiger partial charge in [0.05, 0.1) is 12.6 Å². The largest absolute Gasteiger partial charge is 0.393 e. The number of nitrogens with zero attached hydrogens (tertiary/aromatic N) is 2. The molecule has 1 saturated heterocycles. The lowest BCUT2D eigenvalue weighted by atomic mass is 10.1. The van der Waals surface area contributed by atoms with E-state index >= 15 is 0 Å². The number of aliphatic hydroxyl groups is 1. The molecule has 0 bridgehead atoms. The van der Waals surface area contributed by atoms with E-state index in [-0.39, 0.29) is 6.10 Å². The van der Waals surface area contributed by atoms with Gasteiger partial charge >= 0.3 is 0 Å². The molecule has 0 aliphatic carbocycles. The summed E-state index contributed by atoms with van der Waals surface area (Å²) in [6.07, 6.45) is 10.1. The fourth-order valence-corrected chi connectivity index (χ4v) is 1.78. The van der Waals surface area contributed by atoms with E-state index in [1.54, 1.807) is 0 Å². The normalized spacial score (nSPS) is 25.5. The summed E-state index contributed by atoms with van der Waals surface area (Å²) < 4.78 is 0. The van der Waals surface area contributed by atoms with Gasteiger partial charge in [-0.05, 0) is 18.9 Å². The summed E-state index contributed by atoms with van der Waals surface area (Å²) in [5, 5.41) is 13.9. The number of rotatable bonds is 1. The van der Waals surface area contributed by atoms with Gasteiger partial charge < -0.3 is 10.1 Å². The summed E-state index contributed by atoms with van der Waals surface area (Å²) in [4.78, 5) is 0. The molecule has 1 N–H and O–H groups in total. The minimum atomic E-state index is -0.0828. The van der Waals surface area contributed by atoms with Crippen LogP contribution in [0, 0.1) is 0 Å². The molecule has 0 spiro atoms. The minimum Gasteiger partial charge on any atom is -0.393 e. The maximum Gasteiger partial charge on any atom is 0.0566 e. The van der Waals surface area contributed by atoms with Crippen LogP contribution < -0.4 is 0 Å². The lowest BCUT2D eigenvalue weighted by Crippen LogP contribution is -2.45. The van der Waals surface area contributed by atoms with Gasteiger partial charge in [0.15, 0.2) is 0 Å². The molecule has 0 aromatic carbocycles. The maximum absolute atomic E-state index is 9.35. The minimum absolute atomic E-state index is 0.0828. The second kappa shape index (κ2) is 3.94. The summed E-state index contributed by atoms with van der Waals surface area (Å²) in [5.74, 6) is 0. The van der Waals surface area contributed by atoms with E-state index in [1.165, 1.54) is 0 Å². The first-order valence-electron chi connectivity index (χ1n) is 4.89. The fourth-order valence-electron chi connectivity index (χ4n) is 1.78. The Labute approximate surface area is 78.9 Å². The van der Waals surface area contributed by atoms with Crippen LogP contribution in [0.4, 0.5) is 0 Å². The Kier molecular flexibility index (Phi) is 2.66. The number of allylic oxidation sites excluding steroid dienone is 2. The predicted octanol–water partition coefficient (Wildman–Crippen LogP) is 0.744. The van der Waals surface area contributed by atoms with E-state index in [0.29, 0.717) is 0 Å². The van der Waals surface area contributed by atoms with Crippen molar-refractivity contribution in [1.82, 2.24) is 10.0 Å². The van der Waals surface area contributed by atoms with E-state index in [4.69, 9.17) is 0 Å². The van der Waals surface area contributed by atoms with Crippen LogP contribution in [0.3, 0.4) is 0 Å². The van der Waals surface area contributed by atoms with Crippen LogP contribution in [0.25, 0.3) is 0 Å². The fraction of sp³-hybridized carbons (Fsp3) is 0.600. The third-order valence-corrected chi connectivity index (χ3v) is 2.60. The standard InChI is InChI=1S/C10H16N2O/c13-10-4-8-12(9-5-10)11-6-2-1-3-7-11/h1-3,6,10,13H,4-5,7-9H2. The highest BCUT2D eigenvalue weighted by atomic mass is 16.3. The van der Waals surface area contributed by atoms with Crippen molar-refractivity contribution < 1.29 is 5.11 Å². The monoisotopic (exact) mass is 180 g/mol. The van der Waals surface area contributed by atoms with Crippen molar-refractivity contribution in [3.8, 4) is 0 Å². The molecular formula is C10H16N2O. The van der Waals surface area contributed by atoms with Crippen LogP contribution in [0.2, 0.25) is 0 Å². The highest BCUT2D eigenvalue weighted by Gasteiger charge is 2.19. The zero-order valence-electron chi connectivity index (χ0n) is 7.76. The Morgan fingerprint density at radius 2 is 1.92 bits per heavy atom. The smallest absolute Gasteiger partial charge is 0.0566 e. The van der Waals surface area contributed by atoms with Gasteiger partial charge in [0.25, 0.3) is 0 Å². The average Bonchev–Trinajstić information content (AvgIpc) is 2.20. The van der Waals surface area contributed by atoms with Crippen LogP contribution in [0.1, 0.15) is 12.8 Å². The number of hydrogen-bond donors (Lipinski definition) is 1. The first kappa shape index (κ1) is 8.78. The van der Waals surface area contributed by atoms with Crippen molar-refractivity contribution in [1.29, 1.82) is 0 Å². The van der Waals surface area contributed by atoms with E-state index in [0.717, 1.165) is 32.5 Å². The molecule has 0 radical (unpaired) electrons. The Morgan fingerprint density at radius 1 is 1.15 bits per heavy atom. The summed E-state index contributed by atoms with van der Waals surface area (Å²) in [7, 11) is 0. The number of aliphatic hydroxyl groups excluding tert-OH is 1. The van der Waals surface area contributed by atoms with Gasteiger partial charge in [0.1, 0.15) is 0 Å². The second-order valence-corrected chi connectivity index (χ2v) is 3.58. The molecule has 13 heavy (non-hydrogen) atoms. The van der Waals surface area contributed by atoms with Crippen molar-refractivity contribution in [3.63, 3.8) is 0 Å². The quantitative estimate of drug-likeness (QED) is 0.645. The molecule has 0 amide bonds. The van der Waals surface area contributed by atoms with E-state index in [1.807, 2.05) is 0 Å². The van der Waals surface area contributed by atoms with Gasteiger partial charge in [-0.25, -0.2) is 5.01 Å². The molecular weight excluding hydrogens is 164 g/mol. The second-order valence-electron chi connectivity index (χ2n) is 3.58. The zero-order chi connectivity index (χ0) is 9.10. The third kappa shape index (κ3) is 2.11. The Morgan fingerprint density at radius 3 is 2.54 bits per heavy atom.